The highest BCUT2D eigenvalue weighted by atomic mass is 35.5. The molecule has 3 N–H and O–H groups in total. The minimum atomic E-state index is 0. The molecule has 0 aliphatic heterocycles. The van der Waals surface area contributed by atoms with Crippen LogP contribution in [-0.2, 0) is 11.2 Å². The number of hydrogen-bond acceptors (Lipinski definition) is 2. The molecule has 0 aliphatic rings. The van der Waals surface area contributed by atoms with Crippen molar-refractivity contribution in [3.63, 3.8) is 0 Å². The number of carbonyl (C=O) groups is 1. The summed E-state index contributed by atoms with van der Waals surface area (Å²) in [6.45, 7) is 5.41. The number of nitrogens with one attached hydrogen (secondary N) is 3. The Morgan fingerprint density at radius 3 is 2.86 bits per heavy atom. The van der Waals surface area contributed by atoms with Gasteiger partial charge >= 0.3 is 0 Å². The van der Waals surface area contributed by atoms with Gasteiger partial charge in [0.15, 0.2) is 0 Å². The molecule has 1 unspecified atom stereocenters. The maximum atomic E-state index is 11.8. The number of hydrogen-bond donors (Lipinski definition) is 3. The Balaban J connectivity index is 0.00000220. The zero-order valence-electron chi connectivity index (χ0n) is 12.8. The Morgan fingerprint density at radius 2 is 2.14 bits per heavy atom. The van der Waals surface area contributed by atoms with Gasteiger partial charge in [-0.25, -0.2) is 0 Å². The fourth-order valence-corrected chi connectivity index (χ4v) is 2.46. The van der Waals surface area contributed by atoms with Crippen LogP contribution in [0.5, 0.6) is 0 Å². The van der Waals surface area contributed by atoms with E-state index in [1.807, 2.05) is 20.2 Å². The number of H-pyrrole nitrogens is 1. The molecule has 5 heteroatoms. The van der Waals surface area contributed by atoms with Crippen LogP contribution in [0.4, 0.5) is 0 Å². The van der Waals surface area contributed by atoms with Gasteiger partial charge in [-0.1, -0.05) is 25.1 Å². The van der Waals surface area contributed by atoms with Crippen molar-refractivity contribution in [3.05, 3.63) is 35.5 Å². The molecule has 1 aromatic heterocycles. The van der Waals surface area contributed by atoms with Gasteiger partial charge in [-0.15, -0.1) is 12.4 Å². The summed E-state index contributed by atoms with van der Waals surface area (Å²) in [6.07, 6.45) is 2.89. The number of benzene rings is 1. The molecule has 0 saturated heterocycles. The molecule has 0 bridgehead atoms. The van der Waals surface area contributed by atoms with Crippen LogP contribution in [0.15, 0.2) is 24.4 Å². The van der Waals surface area contributed by atoms with Gasteiger partial charge in [0, 0.05) is 36.1 Å². The lowest BCUT2D eigenvalue weighted by molar-refractivity contribution is -0.124. The van der Waals surface area contributed by atoms with E-state index in [1.54, 1.807) is 0 Å². The number of aryl methyl sites for hydroxylation is 1. The Morgan fingerprint density at radius 1 is 1.38 bits per heavy atom. The lowest BCUT2D eigenvalue weighted by atomic mass is 10.1. The van der Waals surface area contributed by atoms with Crippen LogP contribution in [-0.4, -0.2) is 31.0 Å². The Bertz CT molecular complexity index is 594. The zero-order valence-corrected chi connectivity index (χ0v) is 13.6. The first-order valence-corrected chi connectivity index (χ1v) is 7.11. The Kier molecular flexibility index (Phi) is 6.72. The second kappa shape index (κ2) is 8.05. The number of amides is 1. The molecule has 0 aliphatic carbocycles. The smallest absolute Gasteiger partial charge is 0.224 e. The van der Waals surface area contributed by atoms with Gasteiger partial charge in [0.2, 0.25) is 5.91 Å². The van der Waals surface area contributed by atoms with Crippen molar-refractivity contribution < 1.29 is 4.79 Å². The highest BCUT2D eigenvalue weighted by molar-refractivity contribution is 5.86. The number of carbonyl (C=O) groups excluding carboxylic acids is 1. The van der Waals surface area contributed by atoms with E-state index in [0.717, 1.165) is 6.42 Å². The predicted molar refractivity (Wildman–Crippen MR) is 90.1 cm³/mol. The van der Waals surface area contributed by atoms with E-state index in [0.29, 0.717) is 13.1 Å². The van der Waals surface area contributed by atoms with Crippen LogP contribution in [0.2, 0.25) is 0 Å². The van der Waals surface area contributed by atoms with Gasteiger partial charge in [-0.2, -0.15) is 0 Å². The molecule has 1 amide bonds. The van der Waals surface area contributed by atoms with Crippen molar-refractivity contribution >= 4 is 29.2 Å². The fraction of sp³-hybridized carbons (Fsp3) is 0.438. The van der Waals surface area contributed by atoms with Gasteiger partial charge in [0.1, 0.15) is 0 Å². The highest BCUT2D eigenvalue weighted by Gasteiger charge is 2.11. The standard InChI is InChI=1S/C16H23N3O.ClH/c1-11-5-4-6-14-13(10-19-15(11)14)7-8-18-16(20)12(2)9-17-3;/h4-6,10,12,17,19H,7-9H2,1-3H3,(H,18,20);1H. The Labute approximate surface area is 132 Å². The van der Waals surface area contributed by atoms with E-state index in [4.69, 9.17) is 0 Å². The lowest BCUT2D eigenvalue weighted by Crippen LogP contribution is -2.35. The zero-order chi connectivity index (χ0) is 14.5. The molecule has 0 radical (unpaired) electrons. The van der Waals surface area contributed by atoms with Crippen molar-refractivity contribution in [1.29, 1.82) is 0 Å². The maximum Gasteiger partial charge on any atom is 0.224 e. The van der Waals surface area contributed by atoms with Crippen molar-refractivity contribution in [3.8, 4) is 0 Å². The normalized spacial score (nSPS) is 12.0. The molecule has 2 rings (SSSR count). The van der Waals surface area contributed by atoms with E-state index in [2.05, 4.69) is 40.7 Å². The lowest BCUT2D eigenvalue weighted by Gasteiger charge is -2.11. The van der Waals surface area contributed by atoms with Crippen LogP contribution in [0.3, 0.4) is 0 Å². The summed E-state index contributed by atoms with van der Waals surface area (Å²) in [7, 11) is 1.86. The van der Waals surface area contributed by atoms with Gasteiger partial charge in [-0.3, -0.25) is 4.79 Å². The first kappa shape index (κ1) is 17.5. The molecular weight excluding hydrogens is 286 g/mol. The highest BCUT2D eigenvalue weighted by Crippen LogP contribution is 2.21. The van der Waals surface area contributed by atoms with Crippen molar-refractivity contribution in [2.75, 3.05) is 20.1 Å². The minimum Gasteiger partial charge on any atom is -0.361 e. The molecule has 1 aromatic carbocycles. The largest absolute Gasteiger partial charge is 0.361 e. The average Bonchev–Trinajstić information content (AvgIpc) is 2.84. The van der Waals surface area contributed by atoms with Crippen molar-refractivity contribution in [2.45, 2.75) is 20.3 Å². The third-order valence-electron chi connectivity index (χ3n) is 3.66. The summed E-state index contributed by atoms with van der Waals surface area (Å²) >= 11 is 0. The van der Waals surface area contributed by atoms with Gasteiger partial charge in [-0.05, 0) is 31.5 Å². The van der Waals surface area contributed by atoms with Gasteiger partial charge in [0.25, 0.3) is 0 Å². The predicted octanol–water partition coefficient (Wildman–Crippen LogP) is 2.41. The Hall–Kier alpha value is -1.52. The first-order chi connectivity index (χ1) is 9.63. The molecule has 0 spiro atoms. The van der Waals surface area contributed by atoms with Gasteiger partial charge in [0.05, 0.1) is 0 Å². The summed E-state index contributed by atoms with van der Waals surface area (Å²) in [4.78, 5) is 15.1. The second-order valence-electron chi connectivity index (χ2n) is 5.31. The van der Waals surface area contributed by atoms with Crippen molar-refractivity contribution in [2.24, 2.45) is 5.92 Å². The van der Waals surface area contributed by atoms with Crippen LogP contribution in [0, 0.1) is 12.8 Å². The number of halogens is 1. The summed E-state index contributed by atoms with van der Waals surface area (Å²) in [5, 5.41) is 7.26. The van der Waals surface area contributed by atoms with Gasteiger partial charge < -0.3 is 15.6 Å². The number of aromatic amines is 1. The SMILES string of the molecule is CNCC(C)C(=O)NCCc1c[nH]c2c(C)cccc12.Cl. The molecule has 0 fully saturated rings. The van der Waals surface area contributed by atoms with Crippen LogP contribution in [0.25, 0.3) is 10.9 Å². The second-order valence-corrected chi connectivity index (χ2v) is 5.31. The molecule has 2 aromatic rings. The quantitative estimate of drug-likeness (QED) is 0.767. The van der Waals surface area contributed by atoms with Crippen LogP contribution < -0.4 is 10.6 Å². The summed E-state index contributed by atoms with van der Waals surface area (Å²) in [6, 6.07) is 6.30. The van der Waals surface area contributed by atoms with E-state index in [9.17, 15) is 4.79 Å². The molecule has 1 atom stereocenters. The first-order valence-electron chi connectivity index (χ1n) is 7.11. The molecule has 1 heterocycles. The third-order valence-corrected chi connectivity index (χ3v) is 3.66. The summed E-state index contributed by atoms with van der Waals surface area (Å²) in [5.74, 6) is 0.112. The summed E-state index contributed by atoms with van der Waals surface area (Å²) < 4.78 is 0. The molecular formula is C16H24ClN3O. The van der Waals surface area contributed by atoms with Crippen LogP contribution in [0.1, 0.15) is 18.1 Å². The number of aromatic nitrogens is 1. The molecule has 4 nitrogen and oxygen atoms in total. The molecule has 21 heavy (non-hydrogen) atoms. The van der Waals surface area contributed by atoms with Crippen molar-refractivity contribution in [1.82, 2.24) is 15.6 Å². The number of rotatable bonds is 6. The topological polar surface area (TPSA) is 56.9 Å². The van der Waals surface area contributed by atoms with Crippen LogP contribution >= 0.6 is 12.4 Å². The number of para-hydroxylation sites is 1. The third kappa shape index (κ3) is 4.22. The molecule has 116 valence electrons. The fourth-order valence-electron chi connectivity index (χ4n) is 2.46. The number of fused-ring (bicyclic) bond motifs is 1. The average molecular weight is 310 g/mol. The van der Waals surface area contributed by atoms with E-state index in [-0.39, 0.29) is 24.2 Å². The van der Waals surface area contributed by atoms with E-state index >= 15 is 0 Å². The molecule has 0 saturated carbocycles. The van der Waals surface area contributed by atoms with E-state index in [1.165, 1.54) is 22.0 Å². The maximum absolute atomic E-state index is 11.8. The monoisotopic (exact) mass is 309 g/mol. The summed E-state index contributed by atoms with van der Waals surface area (Å²) in [5.41, 5.74) is 3.70. The van der Waals surface area contributed by atoms with E-state index < -0.39 is 0 Å². The minimum absolute atomic E-state index is 0.